The maximum absolute atomic E-state index is 13.0. The number of carbonyl (C=O) groups is 2. The first kappa shape index (κ1) is 23.9. The number of anilines is 1. The van der Waals surface area contributed by atoms with Crippen LogP contribution in [-0.4, -0.2) is 21.6 Å². The summed E-state index contributed by atoms with van der Waals surface area (Å²) in [6.07, 6.45) is 9.99. The smallest absolute Gasteiger partial charge is 0.251 e. The summed E-state index contributed by atoms with van der Waals surface area (Å²) in [6, 6.07) is 19.5. The molecule has 0 fully saturated rings. The first-order valence-electron chi connectivity index (χ1n) is 12.6. The lowest BCUT2D eigenvalue weighted by Crippen LogP contribution is -2.16. The highest BCUT2D eigenvalue weighted by molar-refractivity contribution is 7.17. The van der Waals surface area contributed by atoms with Gasteiger partial charge in [0.25, 0.3) is 5.91 Å². The number of aryl methyl sites for hydroxylation is 1. The normalized spacial score (nSPS) is 13.5. The van der Waals surface area contributed by atoms with Gasteiger partial charge in [0.1, 0.15) is 16.3 Å². The third-order valence-corrected chi connectivity index (χ3v) is 7.95. The van der Waals surface area contributed by atoms with E-state index in [0.29, 0.717) is 22.0 Å². The topological polar surface area (TPSA) is 103 Å². The second kappa shape index (κ2) is 10.1. The van der Waals surface area contributed by atoms with Crippen molar-refractivity contribution in [1.29, 1.82) is 0 Å². The fourth-order valence-electron chi connectivity index (χ4n) is 4.92. The summed E-state index contributed by atoms with van der Waals surface area (Å²) in [4.78, 5) is 26.4. The molecule has 6 rings (SSSR count). The van der Waals surface area contributed by atoms with Crippen LogP contribution in [0.1, 0.15) is 45.6 Å². The number of primary amides is 1. The minimum Gasteiger partial charge on any atom is -0.454 e. The van der Waals surface area contributed by atoms with Crippen LogP contribution in [-0.2, 0) is 17.6 Å². The molecule has 5 aromatic rings. The number of thiophene rings is 1. The van der Waals surface area contributed by atoms with Gasteiger partial charge in [0.2, 0.25) is 5.91 Å². The maximum Gasteiger partial charge on any atom is 0.251 e. The van der Waals surface area contributed by atoms with Crippen molar-refractivity contribution < 1.29 is 14.0 Å². The van der Waals surface area contributed by atoms with Gasteiger partial charge in [0.15, 0.2) is 5.76 Å². The summed E-state index contributed by atoms with van der Waals surface area (Å²) in [5.41, 5.74) is 10.2. The van der Waals surface area contributed by atoms with Gasteiger partial charge in [-0.25, -0.2) is 4.68 Å². The molecule has 3 aromatic heterocycles. The van der Waals surface area contributed by atoms with Crippen LogP contribution in [0.25, 0.3) is 34.2 Å². The summed E-state index contributed by atoms with van der Waals surface area (Å²) >= 11 is 1.46. The number of hydrogen-bond donors (Lipinski definition) is 2. The van der Waals surface area contributed by atoms with Crippen LogP contribution in [0.3, 0.4) is 0 Å². The number of fused-ring (bicyclic) bond motifs is 2. The maximum atomic E-state index is 13.0. The molecular formula is C30H26N4O3S. The average molecular weight is 523 g/mol. The van der Waals surface area contributed by atoms with E-state index in [2.05, 4.69) is 5.32 Å². The summed E-state index contributed by atoms with van der Waals surface area (Å²) in [5.74, 6) is -0.231. The van der Waals surface area contributed by atoms with E-state index < -0.39 is 5.91 Å². The van der Waals surface area contributed by atoms with Crippen LogP contribution < -0.4 is 11.1 Å². The van der Waals surface area contributed by atoms with Gasteiger partial charge in [-0.1, -0.05) is 42.8 Å². The van der Waals surface area contributed by atoms with Gasteiger partial charge in [-0.2, -0.15) is 5.10 Å². The molecule has 1 aliphatic carbocycles. The standard InChI is InChI=1S/C30H26N4O3S/c31-29(36)27-22-12-5-2-6-14-25(22)38-30(27)32-26(35)16-15-20-18-34(21-10-3-1-4-11-21)33-28(20)24-17-19-9-7-8-13-23(19)37-24/h1,3-4,7-11,13,15-18H,2,5-6,12,14H2,(H2,31,36)(H,32,35)/b16-15+. The number of amides is 2. The molecule has 7 nitrogen and oxygen atoms in total. The fraction of sp³-hybridized carbons (Fsp3) is 0.167. The first-order valence-corrected chi connectivity index (χ1v) is 13.5. The average Bonchev–Trinajstić information content (AvgIpc) is 3.59. The van der Waals surface area contributed by atoms with Crippen LogP contribution >= 0.6 is 11.3 Å². The number of nitrogens with two attached hydrogens (primary N) is 1. The molecule has 3 N–H and O–H groups in total. The van der Waals surface area contributed by atoms with Crippen molar-refractivity contribution in [2.24, 2.45) is 5.73 Å². The highest BCUT2D eigenvalue weighted by Crippen LogP contribution is 2.37. The lowest BCUT2D eigenvalue weighted by Gasteiger charge is -2.04. The lowest BCUT2D eigenvalue weighted by molar-refractivity contribution is -0.111. The molecule has 0 radical (unpaired) electrons. The molecule has 38 heavy (non-hydrogen) atoms. The van der Waals surface area contributed by atoms with Crippen molar-refractivity contribution in [3.05, 3.63) is 94.5 Å². The van der Waals surface area contributed by atoms with E-state index in [9.17, 15) is 9.59 Å². The fourth-order valence-corrected chi connectivity index (χ4v) is 6.22. The van der Waals surface area contributed by atoms with Crippen LogP contribution in [0, 0.1) is 0 Å². The highest BCUT2D eigenvalue weighted by atomic mass is 32.1. The molecular weight excluding hydrogens is 496 g/mol. The van der Waals surface area contributed by atoms with Gasteiger partial charge in [-0.3, -0.25) is 9.59 Å². The molecule has 0 saturated carbocycles. The Labute approximate surface area is 223 Å². The number of para-hydroxylation sites is 2. The minimum atomic E-state index is -0.500. The quantitative estimate of drug-likeness (QED) is 0.200. The number of nitrogens with one attached hydrogen (secondary N) is 1. The van der Waals surface area contributed by atoms with Crippen molar-refractivity contribution in [3.63, 3.8) is 0 Å². The number of hydrogen-bond acceptors (Lipinski definition) is 5. The summed E-state index contributed by atoms with van der Waals surface area (Å²) in [5, 5.41) is 9.18. The van der Waals surface area contributed by atoms with E-state index >= 15 is 0 Å². The SMILES string of the molecule is NC(=O)c1c(NC(=O)/C=C/c2cn(-c3ccccc3)nc2-c2cc3ccccc3o2)sc2c1CCCCC2. The Balaban J connectivity index is 1.33. The molecule has 8 heteroatoms. The first-order chi connectivity index (χ1) is 18.6. The van der Waals surface area contributed by atoms with Gasteiger partial charge < -0.3 is 15.5 Å². The zero-order valence-corrected chi connectivity index (χ0v) is 21.5. The number of benzene rings is 2. The molecule has 0 bridgehead atoms. The van der Waals surface area contributed by atoms with Crippen LogP contribution in [0.15, 0.2) is 77.4 Å². The van der Waals surface area contributed by atoms with Crippen LogP contribution in [0.4, 0.5) is 5.00 Å². The number of aromatic nitrogens is 2. The second-order valence-electron chi connectivity index (χ2n) is 9.32. The van der Waals surface area contributed by atoms with E-state index in [-0.39, 0.29) is 5.91 Å². The Hall–Kier alpha value is -4.43. The largest absolute Gasteiger partial charge is 0.454 e. The number of carbonyl (C=O) groups excluding carboxylic acids is 2. The van der Waals surface area contributed by atoms with Gasteiger partial charge in [-0.05, 0) is 61.6 Å². The highest BCUT2D eigenvalue weighted by Gasteiger charge is 2.24. The molecule has 1 aliphatic rings. The molecule has 0 unspecified atom stereocenters. The number of rotatable bonds is 6. The van der Waals surface area contributed by atoms with Crippen LogP contribution in [0.2, 0.25) is 0 Å². The monoisotopic (exact) mass is 522 g/mol. The third kappa shape index (κ3) is 4.66. The number of furan rings is 1. The zero-order valence-electron chi connectivity index (χ0n) is 20.6. The summed E-state index contributed by atoms with van der Waals surface area (Å²) < 4.78 is 7.85. The van der Waals surface area contributed by atoms with E-state index in [1.807, 2.05) is 66.9 Å². The van der Waals surface area contributed by atoms with Gasteiger partial charge in [0.05, 0.1) is 11.3 Å². The van der Waals surface area contributed by atoms with Gasteiger partial charge >= 0.3 is 0 Å². The molecule has 190 valence electrons. The summed E-state index contributed by atoms with van der Waals surface area (Å²) in [6.45, 7) is 0. The second-order valence-corrected chi connectivity index (χ2v) is 10.4. The third-order valence-electron chi connectivity index (χ3n) is 6.74. The van der Waals surface area contributed by atoms with Crippen LogP contribution in [0.5, 0.6) is 0 Å². The summed E-state index contributed by atoms with van der Waals surface area (Å²) in [7, 11) is 0. The van der Waals surface area contributed by atoms with E-state index in [0.717, 1.165) is 64.8 Å². The Kier molecular flexibility index (Phi) is 6.39. The van der Waals surface area contributed by atoms with Gasteiger partial charge in [-0.15, -0.1) is 11.3 Å². The van der Waals surface area contributed by atoms with E-state index in [4.69, 9.17) is 15.2 Å². The predicted molar refractivity (Wildman–Crippen MR) is 151 cm³/mol. The molecule has 0 atom stereocenters. The van der Waals surface area contributed by atoms with Crippen molar-refractivity contribution in [3.8, 4) is 17.1 Å². The van der Waals surface area contributed by atoms with Crippen molar-refractivity contribution in [2.75, 3.05) is 5.32 Å². The Morgan fingerprint density at radius 3 is 2.63 bits per heavy atom. The Morgan fingerprint density at radius 2 is 1.82 bits per heavy atom. The Bertz CT molecular complexity index is 1640. The zero-order chi connectivity index (χ0) is 26.1. The van der Waals surface area contributed by atoms with E-state index in [1.165, 1.54) is 17.4 Å². The van der Waals surface area contributed by atoms with Crippen molar-refractivity contribution >= 4 is 45.2 Å². The minimum absolute atomic E-state index is 0.341. The lowest BCUT2D eigenvalue weighted by atomic mass is 10.1. The molecule has 0 aliphatic heterocycles. The predicted octanol–water partition coefficient (Wildman–Crippen LogP) is 6.37. The van der Waals surface area contributed by atoms with Gasteiger partial charge in [0, 0.05) is 28.1 Å². The molecule has 0 spiro atoms. The van der Waals surface area contributed by atoms with E-state index in [1.54, 1.807) is 10.8 Å². The molecule has 3 heterocycles. The van der Waals surface area contributed by atoms with Crippen molar-refractivity contribution in [2.45, 2.75) is 32.1 Å². The number of nitrogens with zero attached hydrogens (tertiary/aromatic N) is 2. The Morgan fingerprint density at radius 1 is 1.03 bits per heavy atom. The van der Waals surface area contributed by atoms with Crippen molar-refractivity contribution in [1.82, 2.24) is 9.78 Å². The molecule has 0 saturated heterocycles. The molecule has 2 aromatic carbocycles. The molecule has 2 amide bonds.